The Labute approximate surface area is 183 Å². The molecular formula is C27H18F4O. The number of alkyl halides is 3. The molecule has 0 heterocycles. The minimum Gasteiger partial charge on any atom is -0.406 e. The minimum atomic E-state index is -4.75. The fourth-order valence-electron chi connectivity index (χ4n) is 3.38. The van der Waals surface area contributed by atoms with Crippen molar-refractivity contribution in [1.29, 1.82) is 0 Å². The van der Waals surface area contributed by atoms with Crippen molar-refractivity contribution in [2.45, 2.75) is 19.7 Å². The summed E-state index contributed by atoms with van der Waals surface area (Å²) >= 11 is 0. The van der Waals surface area contributed by atoms with E-state index in [1.54, 1.807) is 12.1 Å². The number of halogens is 4. The summed E-state index contributed by atoms with van der Waals surface area (Å²) in [6, 6.07) is 22.4. The number of fused-ring (bicyclic) bond motifs is 1. The van der Waals surface area contributed by atoms with Crippen LogP contribution in [-0.4, -0.2) is 6.36 Å². The molecule has 0 aliphatic rings. The van der Waals surface area contributed by atoms with Gasteiger partial charge in [0.25, 0.3) is 0 Å². The van der Waals surface area contributed by atoms with Gasteiger partial charge in [-0.15, -0.1) is 13.2 Å². The third kappa shape index (κ3) is 4.92. The standard InChI is InChI=1S/C27H18F4O/c1-2-18-3-8-20(9-4-18)22-13-16-25-23(17-22)12-11-21(26(25)28)10-5-19-6-14-24(15-7-19)32-27(29,30)31/h3-4,6-9,11-17H,2H2,1H3. The van der Waals surface area contributed by atoms with Crippen LogP contribution < -0.4 is 4.74 Å². The molecule has 160 valence electrons. The van der Waals surface area contributed by atoms with E-state index >= 15 is 4.39 Å². The molecule has 0 spiro atoms. The van der Waals surface area contributed by atoms with Crippen molar-refractivity contribution in [3.8, 4) is 28.7 Å². The zero-order chi connectivity index (χ0) is 22.7. The molecule has 4 aromatic carbocycles. The zero-order valence-corrected chi connectivity index (χ0v) is 17.1. The van der Waals surface area contributed by atoms with E-state index in [9.17, 15) is 13.2 Å². The van der Waals surface area contributed by atoms with Gasteiger partial charge in [-0.2, -0.15) is 0 Å². The summed E-state index contributed by atoms with van der Waals surface area (Å²) in [5, 5.41) is 1.22. The topological polar surface area (TPSA) is 9.23 Å². The summed E-state index contributed by atoms with van der Waals surface area (Å²) in [6.07, 6.45) is -3.78. The van der Waals surface area contributed by atoms with Crippen molar-refractivity contribution in [2.24, 2.45) is 0 Å². The van der Waals surface area contributed by atoms with Crippen LogP contribution in [0.2, 0.25) is 0 Å². The molecule has 0 unspecified atom stereocenters. The number of ether oxygens (including phenoxy) is 1. The normalized spacial score (nSPS) is 11.2. The summed E-state index contributed by atoms with van der Waals surface area (Å²) < 4.78 is 55.6. The van der Waals surface area contributed by atoms with E-state index < -0.39 is 12.2 Å². The maximum atomic E-state index is 15.0. The molecule has 0 amide bonds. The van der Waals surface area contributed by atoms with Crippen molar-refractivity contribution in [2.75, 3.05) is 0 Å². The average Bonchev–Trinajstić information content (AvgIpc) is 2.78. The SMILES string of the molecule is CCc1ccc(-c2ccc3c(F)c(C#Cc4ccc(OC(F)(F)F)cc4)ccc3c2)cc1. The van der Waals surface area contributed by atoms with Crippen LogP contribution in [0.25, 0.3) is 21.9 Å². The van der Waals surface area contributed by atoms with E-state index in [-0.39, 0.29) is 11.3 Å². The Balaban J connectivity index is 1.59. The highest BCUT2D eigenvalue weighted by molar-refractivity contribution is 5.89. The Kier molecular flexibility index (Phi) is 5.87. The van der Waals surface area contributed by atoms with Gasteiger partial charge in [0.2, 0.25) is 0 Å². The molecule has 0 bridgehead atoms. The monoisotopic (exact) mass is 434 g/mol. The second kappa shape index (κ2) is 8.76. The summed E-state index contributed by atoms with van der Waals surface area (Å²) in [6.45, 7) is 2.10. The molecule has 0 saturated heterocycles. The third-order valence-electron chi connectivity index (χ3n) is 5.08. The maximum absolute atomic E-state index is 15.0. The lowest BCUT2D eigenvalue weighted by Gasteiger charge is -2.08. The molecule has 0 atom stereocenters. The first-order valence-electron chi connectivity index (χ1n) is 10.0. The van der Waals surface area contributed by atoms with Crippen molar-refractivity contribution >= 4 is 10.8 Å². The van der Waals surface area contributed by atoms with Crippen LogP contribution in [0.1, 0.15) is 23.6 Å². The van der Waals surface area contributed by atoms with E-state index in [1.807, 2.05) is 18.2 Å². The highest BCUT2D eigenvalue weighted by Gasteiger charge is 2.30. The third-order valence-corrected chi connectivity index (χ3v) is 5.08. The van der Waals surface area contributed by atoms with Gasteiger partial charge in [-0.1, -0.05) is 61.2 Å². The number of hydrogen-bond acceptors (Lipinski definition) is 1. The summed E-state index contributed by atoms with van der Waals surface area (Å²) in [5.41, 5.74) is 3.98. The van der Waals surface area contributed by atoms with E-state index in [1.165, 1.54) is 29.8 Å². The minimum absolute atomic E-state index is 0.216. The summed E-state index contributed by atoms with van der Waals surface area (Å²) in [4.78, 5) is 0. The molecular weight excluding hydrogens is 416 g/mol. The predicted octanol–water partition coefficient (Wildman–Crippen LogP) is 7.51. The lowest BCUT2D eigenvalue weighted by molar-refractivity contribution is -0.274. The number of rotatable bonds is 3. The second-order valence-corrected chi connectivity index (χ2v) is 7.24. The molecule has 0 N–H and O–H groups in total. The predicted molar refractivity (Wildman–Crippen MR) is 118 cm³/mol. The van der Waals surface area contributed by atoms with Gasteiger partial charge in [-0.3, -0.25) is 0 Å². The van der Waals surface area contributed by atoms with Crippen LogP contribution in [0.5, 0.6) is 5.75 Å². The first-order valence-corrected chi connectivity index (χ1v) is 10.0. The fraction of sp³-hybridized carbons (Fsp3) is 0.111. The first kappa shape index (κ1) is 21.5. The highest BCUT2D eigenvalue weighted by Crippen LogP contribution is 2.28. The largest absolute Gasteiger partial charge is 0.573 e. The lowest BCUT2D eigenvalue weighted by Crippen LogP contribution is -2.16. The van der Waals surface area contributed by atoms with Gasteiger partial charge in [0, 0.05) is 10.9 Å². The molecule has 4 aromatic rings. The lowest BCUT2D eigenvalue weighted by atomic mass is 9.98. The van der Waals surface area contributed by atoms with Gasteiger partial charge >= 0.3 is 6.36 Å². The van der Waals surface area contributed by atoms with Gasteiger partial charge in [0.1, 0.15) is 11.6 Å². The number of benzene rings is 4. The summed E-state index contributed by atoms with van der Waals surface area (Å²) in [7, 11) is 0. The van der Waals surface area contributed by atoms with Crippen molar-refractivity contribution in [3.63, 3.8) is 0 Å². The van der Waals surface area contributed by atoms with Crippen LogP contribution in [0, 0.1) is 17.7 Å². The average molecular weight is 434 g/mol. The quantitative estimate of drug-likeness (QED) is 0.240. The van der Waals surface area contributed by atoms with E-state index in [0.717, 1.165) is 22.9 Å². The highest BCUT2D eigenvalue weighted by atomic mass is 19.4. The Morgan fingerprint density at radius 3 is 2.12 bits per heavy atom. The molecule has 0 aliphatic heterocycles. The Morgan fingerprint density at radius 2 is 1.47 bits per heavy atom. The maximum Gasteiger partial charge on any atom is 0.573 e. The van der Waals surface area contributed by atoms with Gasteiger partial charge in [-0.05, 0) is 64.9 Å². The van der Waals surface area contributed by atoms with Crippen molar-refractivity contribution < 1.29 is 22.3 Å². The second-order valence-electron chi connectivity index (χ2n) is 7.24. The zero-order valence-electron chi connectivity index (χ0n) is 17.1. The van der Waals surface area contributed by atoms with E-state index in [0.29, 0.717) is 10.9 Å². The fourth-order valence-corrected chi connectivity index (χ4v) is 3.38. The smallest absolute Gasteiger partial charge is 0.406 e. The van der Waals surface area contributed by atoms with Gasteiger partial charge in [0.15, 0.2) is 0 Å². The van der Waals surface area contributed by atoms with Crippen LogP contribution in [0.15, 0.2) is 78.9 Å². The molecule has 0 aromatic heterocycles. The Morgan fingerprint density at radius 1 is 0.781 bits per heavy atom. The van der Waals surface area contributed by atoms with Crippen LogP contribution in [0.4, 0.5) is 17.6 Å². The summed E-state index contributed by atoms with van der Waals surface area (Å²) in [5.74, 6) is 4.77. The number of aryl methyl sites for hydroxylation is 1. The van der Waals surface area contributed by atoms with Crippen molar-refractivity contribution in [3.05, 3.63) is 101 Å². The Bertz CT molecular complexity index is 1310. The van der Waals surface area contributed by atoms with Crippen LogP contribution in [0.3, 0.4) is 0 Å². The van der Waals surface area contributed by atoms with Gasteiger partial charge in [-0.25, -0.2) is 4.39 Å². The Hall–Kier alpha value is -3.78. The molecule has 0 saturated carbocycles. The van der Waals surface area contributed by atoms with E-state index in [2.05, 4.69) is 47.8 Å². The van der Waals surface area contributed by atoms with Gasteiger partial charge in [0.05, 0.1) is 5.56 Å². The first-order chi connectivity index (χ1) is 15.3. The molecule has 4 rings (SSSR count). The van der Waals surface area contributed by atoms with Gasteiger partial charge < -0.3 is 4.74 Å². The molecule has 0 fully saturated rings. The molecule has 0 radical (unpaired) electrons. The van der Waals surface area contributed by atoms with Crippen LogP contribution in [-0.2, 0) is 6.42 Å². The molecule has 32 heavy (non-hydrogen) atoms. The molecule has 0 aliphatic carbocycles. The van der Waals surface area contributed by atoms with E-state index in [4.69, 9.17) is 0 Å². The molecule has 5 heteroatoms. The van der Waals surface area contributed by atoms with Crippen molar-refractivity contribution in [1.82, 2.24) is 0 Å². The number of hydrogen-bond donors (Lipinski definition) is 0. The van der Waals surface area contributed by atoms with Crippen LogP contribution >= 0.6 is 0 Å². The molecule has 1 nitrogen and oxygen atoms in total.